The molecule has 1 heterocycles. The zero-order chi connectivity index (χ0) is 19.7. The molecule has 1 fully saturated rings. The van der Waals surface area contributed by atoms with Crippen molar-refractivity contribution in [2.24, 2.45) is 0 Å². The van der Waals surface area contributed by atoms with Crippen LogP contribution in [0.1, 0.15) is 12.8 Å². The first-order chi connectivity index (χ1) is 13.5. The van der Waals surface area contributed by atoms with Crippen LogP contribution in [0, 0.1) is 11.6 Å². The van der Waals surface area contributed by atoms with E-state index in [1.54, 1.807) is 18.2 Å². The van der Waals surface area contributed by atoms with Gasteiger partial charge >= 0.3 is 10.2 Å². The molecule has 6 nitrogen and oxygen atoms in total. The Hall–Kier alpha value is -2.23. The zero-order valence-electron chi connectivity index (χ0n) is 15.1. The van der Waals surface area contributed by atoms with E-state index < -0.39 is 27.5 Å². The van der Waals surface area contributed by atoms with Crippen molar-refractivity contribution in [3.05, 3.63) is 54.1 Å². The van der Waals surface area contributed by atoms with Crippen molar-refractivity contribution in [1.29, 1.82) is 0 Å². The number of benzene rings is 2. The summed E-state index contributed by atoms with van der Waals surface area (Å²) in [6, 6.07) is 10.3. The molecule has 1 aliphatic carbocycles. The minimum Gasteiger partial charge on any atom is -0.378 e. The molecule has 1 aliphatic heterocycles. The quantitative estimate of drug-likeness (QED) is 0.681. The van der Waals surface area contributed by atoms with E-state index >= 15 is 0 Å². The molecular weight excluding hydrogens is 388 g/mol. The van der Waals surface area contributed by atoms with Crippen LogP contribution in [0.4, 0.5) is 25.8 Å². The molecule has 2 aromatic carbocycles. The van der Waals surface area contributed by atoms with Gasteiger partial charge in [-0.3, -0.25) is 0 Å². The molecular formula is C19H21F2N3O3S. The van der Waals surface area contributed by atoms with Crippen molar-refractivity contribution < 1.29 is 21.9 Å². The fraction of sp³-hybridized carbons (Fsp3) is 0.368. The number of rotatable bonds is 8. The zero-order valence-corrected chi connectivity index (χ0v) is 16.0. The first kappa shape index (κ1) is 19.1. The lowest BCUT2D eigenvalue weighted by Gasteiger charge is -2.22. The van der Waals surface area contributed by atoms with E-state index in [1.807, 2.05) is 0 Å². The number of nitrogens with zero attached hydrogens (tertiary/aromatic N) is 2. The summed E-state index contributed by atoms with van der Waals surface area (Å²) in [5.41, 5.74) is -0.0289. The normalized spacial score (nSPS) is 17.8. The van der Waals surface area contributed by atoms with Crippen LogP contribution in [0.3, 0.4) is 0 Å². The first-order valence-electron chi connectivity index (χ1n) is 9.17. The van der Waals surface area contributed by atoms with Gasteiger partial charge in [0.15, 0.2) is 11.6 Å². The highest BCUT2D eigenvalue weighted by molar-refractivity contribution is 7.95. The highest BCUT2D eigenvalue weighted by Gasteiger charge is 2.43. The second kappa shape index (κ2) is 7.65. The highest BCUT2D eigenvalue weighted by atomic mass is 32.2. The highest BCUT2D eigenvalue weighted by Crippen LogP contribution is 2.46. The van der Waals surface area contributed by atoms with Crippen molar-refractivity contribution >= 4 is 27.3 Å². The van der Waals surface area contributed by atoms with Crippen LogP contribution in [0.5, 0.6) is 0 Å². The molecule has 0 saturated heterocycles. The largest absolute Gasteiger partial charge is 0.378 e. The SMILES string of the molecule is O=S1(=O)N(CCOCCNC2CC2)c2ccccc2N1c1c(F)cccc1F. The van der Waals surface area contributed by atoms with Gasteiger partial charge in [0.1, 0.15) is 5.69 Å². The Morgan fingerprint density at radius 1 is 1.00 bits per heavy atom. The average molecular weight is 409 g/mol. The van der Waals surface area contributed by atoms with Crippen molar-refractivity contribution in [2.45, 2.75) is 18.9 Å². The summed E-state index contributed by atoms with van der Waals surface area (Å²) in [4.78, 5) is 0. The lowest BCUT2D eigenvalue weighted by Crippen LogP contribution is -2.38. The second-order valence-electron chi connectivity index (χ2n) is 6.74. The van der Waals surface area contributed by atoms with Crippen LogP contribution in [-0.4, -0.2) is 40.8 Å². The van der Waals surface area contributed by atoms with Gasteiger partial charge in [0.25, 0.3) is 0 Å². The molecule has 1 N–H and O–H groups in total. The maximum absolute atomic E-state index is 14.3. The van der Waals surface area contributed by atoms with Crippen LogP contribution in [0.2, 0.25) is 0 Å². The predicted molar refractivity (Wildman–Crippen MR) is 103 cm³/mol. The molecule has 9 heteroatoms. The van der Waals surface area contributed by atoms with Crippen LogP contribution in [0.15, 0.2) is 42.5 Å². The fourth-order valence-electron chi connectivity index (χ4n) is 3.22. The van der Waals surface area contributed by atoms with Gasteiger partial charge in [0.05, 0.1) is 31.1 Å². The molecule has 0 bridgehead atoms. The maximum Gasteiger partial charge on any atom is 0.331 e. The standard InChI is InChI=1S/C19H21F2N3O3S/c20-15-4-3-5-16(21)19(15)24-18-7-2-1-6-17(18)23(28(24,25)26)11-13-27-12-10-22-14-8-9-14/h1-7,14,22H,8-13H2. The minimum atomic E-state index is -4.19. The van der Waals surface area contributed by atoms with Crippen molar-refractivity contribution in [1.82, 2.24) is 5.32 Å². The Labute approximate surface area is 162 Å². The third-order valence-electron chi connectivity index (χ3n) is 4.71. The number of hydrogen-bond donors (Lipinski definition) is 1. The van der Waals surface area contributed by atoms with E-state index in [0.717, 1.165) is 20.7 Å². The van der Waals surface area contributed by atoms with Crippen molar-refractivity contribution in [2.75, 3.05) is 34.9 Å². The second-order valence-corrected chi connectivity index (χ2v) is 8.45. The smallest absolute Gasteiger partial charge is 0.331 e. The molecule has 150 valence electrons. The summed E-state index contributed by atoms with van der Waals surface area (Å²) < 4.78 is 62.3. The molecule has 4 rings (SSSR count). The maximum atomic E-state index is 14.3. The summed E-state index contributed by atoms with van der Waals surface area (Å²) in [6.45, 7) is 1.40. The summed E-state index contributed by atoms with van der Waals surface area (Å²) in [6.07, 6.45) is 2.37. The van der Waals surface area contributed by atoms with Crippen LogP contribution < -0.4 is 13.9 Å². The van der Waals surface area contributed by atoms with Gasteiger partial charge in [-0.1, -0.05) is 18.2 Å². The molecule has 0 radical (unpaired) electrons. The Bertz CT molecular complexity index is 946. The minimum absolute atomic E-state index is 0.0509. The van der Waals surface area contributed by atoms with Crippen molar-refractivity contribution in [3.8, 4) is 0 Å². The summed E-state index contributed by atoms with van der Waals surface area (Å²) >= 11 is 0. The summed E-state index contributed by atoms with van der Waals surface area (Å²) in [7, 11) is -4.19. The fourth-order valence-corrected chi connectivity index (χ4v) is 4.93. The molecule has 1 saturated carbocycles. The van der Waals surface area contributed by atoms with Gasteiger partial charge in [0, 0.05) is 12.6 Å². The Balaban J connectivity index is 1.55. The third-order valence-corrected chi connectivity index (χ3v) is 6.49. The average Bonchev–Trinajstić information content (AvgIpc) is 3.45. The summed E-state index contributed by atoms with van der Waals surface area (Å²) in [5.74, 6) is -1.88. The van der Waals surface area contributed by atoms with Gasteiger partial charge in [-0.05, 0) is 37.1 Å². The number of hydrogen-bond acceptors (Lipinski definition) is 4. The van der Waals surface area contributed by atoms with Crippen LogP contribution in [0.25, 0.3) is 0 Å². The molecule has 0 amide bonds. The number of anilines is 3. The van der Waals surface area contributed by atoms with E-state index in [0.29, 0.717) is 24.9 Å². The Kier molecular flexibility index (Phi) is 5.22. The Morgan fingerprint density at radius 2 is 1.68 bits per heavy atom. The Morgan fingerprint density at radius 3 is 2.36 bits per heavy atom. The molecule has 0 unspecified atom stereocenters. The van der Waals surface area contributed by atoms with Gasteiger partial charge in [0.2, 0.25) is 0 Å². The lowest BCUT2D eigenvalue weighted by atomic mass is 10.2. The predicted octanol–water partition coefficient (Wildman–Crippen LogP) is 2.94. The van der Waals surface area contributed by atoms with Gasteiger partial charge in [-0.2, -0.15) is 8.42 Å². The topological polar surface area (TPSA) is 61.9 Å². The number of nitrogens with one attached hydrogen (secondary N) is 1. The van der Waals surface area contributed by atoms with Crippen molar-refractivity contribution in [3.63, 3.8) is 0 Å². The number of ether oxygens (including phenoxy) is 1. The monoisotopic (exact) mass is 409 g/mol. The van der Waals surface area contributed by atoms with Gasteiger partial charge in [-0.15, -0.1) is 0 Å². The van der Waals surface area contributed by atoms with E-state index in [1.165, 1.54) is 25.0 Å². The first-order valence-corrected chi connectivity index (χ1v) is 10.6. The van der Waals surface area contributed by atoms with Gasteiger partial charge in [-0.25, -0.2) is 17.4 Å². The number of halogens is 2. The van der Waals surface area contributed by atoms with E-state index in [-0.39, 0.29) is 18.8 Å². The molecule has 2 aliphatic rings. The number of para-hydroxylation sites is 3. The molecule has 28 heavy (non-hydrogen) atoms. The molecule has 0 aromatic heterocycles. The third kappa shape index (κ3) is 3.57. The number of fused-ring (bicyclic) bond motifs is 1. The van der Waals surface area contributed by atoms with Gasteiger partial charge < -0.3 is 10.1 Å². The summed E-state index contributed by atoms with van der Waals surface area (Å²) in [5, 5.41) is 3.31. The van der Waals surface area contributed by atoms with Crippen LogP contribution >= 0.6 is 0 Å². The van der Waals surface area contributed by atoms with E-state index in [4.69, 9.17) is 4.74 Å². The molecule has 0 atom stereocenters. The molecule has 2 aromatic rings. The van der Waals surface area contributed by atoms with Crippen LogP contribution in [-0.2, 0) is 14.9 Å². The van der Waals surface area contributed by atoms with E-state index in [2.05, 4.69) is 5.32 Å². The van der Waals surface area contributed by atoms with E-state index in [9.17, 15) is 17.2 Å². The lowest BCUT2D eigenvalue weighted by molar-refractivity contribution is 0.143. The molecule has 0 spiro atoms.